The van der Waals surface area contributed by atoms with Gasteiger partial charge in [-0.3, -0.25) is 0 Å². The Bertz CT molecular complexity index is 86.6. The van der Waals surface area contributed by atoms with Crippen molar-refractivity contribution < 1.29 is 60.3 Å². The van der Waals surface area contributed by atoms with E-state index in [-0.39, 0.29) is 17.6 Å². The van der Waals surface area contributed by atoms with Crippen molar-refractivity contribution in [2.75, 3.05) is 14.1 Å². The summed E-state index contributed by atoms with van der Waals surface area (Å²) in [6.45, 7) is 0. The van der Waals surface area contributed by atoms with Crippen LogP contribution in [0.5, 0.6) is 0 Å². The molecule has 13 N–H and O–H groups in total. The molecule has 0 bridgehead atoms. The second-order valence-corrected chi connectivity index (χ2v) is 1.89. The van der Waals surface area contributed by atoms with Crippen LogP contribution >= 0.6 is 0 Å². The molecule has 13 nitrogen and oxygen atoms in total. The molecular weight excluding hydrogens is 346 g/mol. The van der Waals surface area contributed by atoms with Crippen LogP contribution in [0.2, 0.25) is 0 Å². The molecule has 0 heterocycles. The Labute approximate surface area is 127 Å². The van der Waals surface area contributed by atoms with Gasteiger partial charge in [-0.2, -0.15) is 0 Å². The summed E-state index contributed by atoms with van der Waals surface area (Å²) in [6.07, 6.45) is 0. The number of hydrogen-bond donors (Lipinski definition) is 13. The second kappa shape index (κ2) is 36.5. The first-order valence-electron chi connectivity index (χ1n) is 4.10. The van der Waals surface area contributed by atoms with Gasteiger partial charge in [-0.1, -0.05) is 0 Å². The van der Waals surface area contributed by atoms with Crippen LogP contribution in [0.3, 0.4) is 0 Å². The first kappa shape index (κ1) is 37.0. The van der Waals surface area contributed by atoms with Crippen LogP contribution < -0.4 is 5.32 Å². The molecule has 0 atom stereocenters. The summed E-state index contributed by atoms with van der Waals surface area (Å²) in [5.74, 6) is 0. The molecular formula is C2H23B4GeNO12. The van der Waals surface area contributed by atoms with Crippen molar-refractivity contribution >= 4 is 46.9 Å². The van der Waals surface area contributed by atoms with Crippen molar-refractivity contribution in [1.82, 2.24) is 5.32 Å². The van der Waals surface area contributed by atoms with Gasteiger partial charge in [0.1, 0.15) is 0 Å². The topological polar surface area (TPSA) is 255 Å². The standard InChI is InChI=1S/C2H7N.4BH3O3.GeH4/c1-3-2;4*2-1(3)4;/h3H,1-2H3;4*2-4H;1H4. The maximum atomic E-state index is 7.17. The zero-order chi connectivity index (χ0) is 17.0. The van der Waals surface area contributed by atoms with Crippen LogP contribution in [0.1, 0.15) is 0 Å². The predicted octanol–water partition coefficient (Wildman–Crippen LogP) is -9.82. The molecule has 0 aromatic carbocycles. The number of hydrogen-bond acceptors (Lipinski definition) is 13. The van der Waals surface area contributed by atoms with Gasteiger partial charge in [0.25, 0.3) is 0 Å². The minimum atomic E-state index is -2.17. The van der Waals surface area contributed by atoms with E-state index in [2.05, 4.69) is 5.32 Å². The third-order valence-electron chi connectivity index (χ3n) is 0. The van der Waals surface area contributed by atoms with Gasteiger partial charge in [0.2, 0.25) is 0 Å². The fraction of sp³-hybridized carbons (Fsp3) is 1.00. The molecule has 0 aromatic heterocycles. The van der Waals surface area contributed by atoms with E-state index >= 15 is 0 Å². The van der Waals surface area contributed by atoms with Crippen LogP contribution in [0.15, 0.2) is 0 Å². The second-order valence-electron chi connectivity index (χ2n) is 1.89. The summed E-state index contributed by atoms with van der Waals surface area (Å²) in [7, 11) is -4.92. The van der Waals surface area contributed by atoms with E-state index in [9.17, 15) is 0 Å². The fourth-order valence-corrected chi connectivity index (χ4v) is 0. The van der Waals surface area contributed by atoms with Gasteiger partial charge >= 0.3 is 46.9 Å². The van der Waals surface area contributed by atoms with E-state index in [1.165, 1.54) is 0 Å². The van der Waals surface area contributed by atoms with Crippen LogP contribution in [0, 0.1) is 0 Å². The molecule has 124 valence electrons. The molecule has 0 amide bonds. The Balaban J connectivity index is -0.0000000304. The van der Waals surface area contributed by atoms with Crippen molar-refractivity contribution in [3.8, 4) is 0 Å². The van der Waals surface area contributed by atoms with Crippen molar-refractivity contribution in [2.45, 2.75) is 0 Å². The molecule has 0 unspecified atom stereocenters. The molecule has 0 aliphatic heterocycles. The summed E-state index contributed by atoms with van der Waals surface area (Å²) in [4.78, 5) is 0. The van der Waals surface area contributed by atoms with Crippen LogP contribution in [0.25, 0.3) is 0 Å². The van der Waals surface area contributed by atoms with Gasteiger partial charge in [-0.15, -0.1) is 0 Å². The Morgan fingerprint density at radius 1 is 0.450 bits per heavy atom. The van der Waals surface area contributed by atoms with Gasteiger partial charge < -0.3 is 65.6 Å². The van der Waals surface area contributed by atoms with Gasteiger partial charge in [-0.25, -0.2) is 0 Å². The van der Waals surface area contributed by atoms with Crippen LogP contribution in [-0.2, 0) is 0 Å². The van der Waals surface area contributed by atoms with Crippen molar-refractivity contribution in [2.24, 2.45) is 0 Å². The van der Waals surface area contributed by atoms with E-state index in [1.54, 1.807) is 0 Å². The monoisotopic (exact) mass is 371 g/mol. The fourth-order valence-electron chi connectivity index (χ4n) is 0. The SMILES string of the molecule is CNC.OB(O)O.OB(O)O.OB(O)O.OB(O)O.[GeH4]. The van der Waals surface area contributed by atoms with E-state index in [1.807, 2.05) is 14.1 Å². The molecule has 0 radical (unpaired) electrons. The molecule has 0 spiro atoms. The summed E-state index contributed by atoms with van der Waals surface area (Å²) >= 11 is 0. The summed E-state index contributed by atoms with van der Waals surface area (Å²) in [6, 6.07) is 0. The Morgan fingerprint density at radius 3 is 0.450 bits per heavy atom. The molecule has 0 aromatic rings. The minimum absolute atomic E-state index is 0. The van der Waals surface area contributed by atoms with E-state index in [0.717, 1.165) is 0 Å². The van der Waals surface area contributed by atoms with E-state index in [4.69, 9.17) is 60.3 Å². The zero-order valence-corrected chi connectivity index (χ0v) is 10.2. The van der Waals surface area contributed by atoms with Crippen molar-refractivity contribution in [1.29, 1.82) is 0 Å². The molecule has 0 saturated carbocycles. The predicted molar refractivity (Wildman–Crippen MR) is 76.0 cm³/mol. The van der Waals surface area contributed by atoms with Crippen molar-refractivity contribution in [3.63, 3.8) is 0 Å². The van der Waals surface area contributed by atoms with Crippen molar-refractivity contribution in [3.05, 3.63) is 0 Å². The Hall–Kier alpha value is 0.283. The van der Waals surface area contributed by atoms with Gasteiger partial charge in [0.15, 0.2) is 0 Å². The van der Waals surface area contributed by atoms with Crippen LogP contribution in [0.4, 0.5) is 0 Å². The van der Waals surface area contributed by atoms with E-state index in [0.29, 0.717) is 0 Å². The molecule has 0 aliphatic carbocycles. The molecule has 0 aliphatic rings. The van der Waals surface area contributed by atoms with Gasteiger partial charge in [-0.05, 0) is 14.1 Å². The summed E-state index contributed by atoms with van der Waals surface area (Å²) < 4.78 is 0. The normalized spacial score (nSPS) is 6.30. The third kappa shape index (κ3) is 68400. The quantitative estimate of drug-likeness (QED) is 0.177. The number of rotatable bonds is 0. The van der Waals surface area contributed by atoms with E-state index < -0.39 is 29.3 Å². The maximum absolute atomic E-state index is 7.17. The van der Waals surface area contributed by atoms with Gasteiger partial charge in [0.05, 0.1) is 0 Å². The average Bonchev–Trinajstić information content (AvgIpc) is 1.97. The molecule has 20 heavy (non-hydrogen) atoms. The number of nitrogens with one attached hydrogen (secondary N) is 1. The Kier molecular flexibility index (Phi) is 67.5. The van der Waals surface area contributed by atoms with Gasteiger partial charge in [0, 0.05) is 0 Å². The first-order chi connectivity index (χ1) is 8.34. The molecule has 0 rings (SSSR count). The average molecular weight is 369 g/mol. The van der Waals surface area contributed by atoms with Crippen LogP contribution in [-0.4, -0.2) is 121 Å². The summed E-state index contributed by atoms with van der Waals surface area (Å²) in [5.41, 5.74) is 0. The summed E-state index contributed by atoms with van der Waals surface area (Å²) in [5, 5.41) is 88.8. The molecule has 18 heteroatoms. The first-order valence-corrected chi connectivity index (χ1v) is 4.10. The third-order valence-corrected chi connectivity index (χ3v) is 0. The zero-order valence-electron chi connectivity index (χ0n) is 10.2. The Morgan fingerprint density at radius 2 is 0.450 bits per heavy atom. The molecule has 0 fully saturated rings. The molecule has 0 saturated heterocycles.